The molecule has 0 radical (unpaired) electrons. The number of nitrogens with zero attached hydrogens (tertiary/aromatic N) is 1. The summed E-state index contributed by atoms with van der Waals surface area (Å²) in [6.45, 7) is 5.42. The molecule has 1 unspecified atom stereocenters. The molecule has 2 aromatic carbocycles. The summed E-state index contributed by atoms with van der Waals surface area (Å²) in [6, 6.07) is 11.4. The Labute approximate surface area is 191 Å². The number of imide groups is 1. The molecule has 0 spiro atoms. The number of ether oxygens (including phenoxy) is 1. The normalized spacial score (nSPS) is 17.7. The first-order chi connectivity index (χ1) is 15.6. The number of alkyl carbamates (subject to hydrolysis) is 1. The molecule has 1 N–H and O–H groups in total. The fourth-order valence-corrected chi connectivity index (χ4v) is 4.08. The van der Waals surface area contributed by atoms with Crippen LogP contribution in [-0.2, 0) is 22.4 Å². The SMILES string of the molecule is CC(C)(C)OC(=O)NC1CCCc2ccc(C(=O)ON3C(=O)c4ccccc4C3=O)cc2C1. The van der Waals surface area contributed by atoms with Gasteiger partial charge in [0.25, 0.3) is 11.8 Å². The van der Waals surface area contributed by atoms with Gasteiger partial charge in [0.05, 0.1) is 16.7 Å². The summed E-state index contributed by atoms with van der Waals surface area (Å²) < 4.78 is 5.36. The van der Waals surface area contributed by atoms with E-state index in [1.54, 1.807) is 45.0 Å². The van der Waals surface area contributed by atoms with Gasteiger partial charge in [-0.3, -0.25) is 9.59 Å². The van der Waals surface area contributed by atoms with Crippen molar-refractivity contribution in [3.05, 3.63) is 70.3 Å². The van der Waals surface area contributed by atoms with E-state index in [2.05, 4.69) is 5.32 Å². The first-order valence-corrected chi connectivity index (χ1v) is 10.9. The molecule has 0 fully saturated rings. The molecule has 1 atom stereocenters. The Balaban J connectivity index is 1.47. The Bertz CT molecular complexity index is 1100. The molecule has 1 heterocycles. The summed E-state index contributed by atoms with van der Waals surface area (Å²) in [5.74, 6) is -2.13. The van der Waals surface area contributed by atoms with Crippen molar-refractivity contribution in [2.45, 2.75) is 58.1 Å². The monoisotopic (exact) mass is 450 g/mol. The van der Waals surface area contributed by atoms with Gasteiger partial charge in [0.2, 0.25) is 0 Å². The maximum atomic E-state index is 12.8. The summed E-state index contributed by atoms with van der Waals surface area (Å²) in [5, 5.41) is 3.42. The lowest BCUT2D eigenvalue weighted by molar-refractivity contribution is -0.0584. The Kier molecular flexibility index (Phi) is 5.93. The van der Waals surface area contributed by atoms with E-state index in [1.165, 1.54) is 12.1 Å². The van der Waals surface area contributed by atoms with Gasteiger partial charge in [0, 0.05) is 6.04 Å². The van der Waals surface area contributed by atoms with Crippen LogP contribution in [0.4, 0.5) is 4.79 Å². The zero-order valence-corrected chi connectivity index (χ0v) is 18.8. The van der Waals surface area contributed by atoms with Crippen LogP contribution < -0.4 is 5.32 Å². The molecule has 4 rings (SSSR count). The van der Waals surface area contributed by atoms with Crippen molar-refractivity contribution in [1.82, 2.24) is 10.4 Å². The molecule has 3 amide bonds. The van der Waals surface area contributed by atoms with Crippen molar-refractivity contribution in [3.63, 3.8) is 0 Å². The van der Waals surface area contributed by atoms with Gasteiger partial charge in [-0.25, -0.2) is 9.59 Å². The number of carbonyl (C=O) groups is 4. The summed E-state index contributed by atoms with van der Waals surface area (Å²) in [5.41, 5.74) is 2.03. The molecule has 0 saturated heterocycles. The van der Waals surface area contributed by atoms with Crippen LogP contribution in [0.5, 0.6) is 0 Å². The minimum absolute atomic E-state index is 0.136. The van der Waals surface area contributed by atoms with Crippen LogP contribution in [0, 0.1) is 0 Å². The van der Waals surface area contributed by atoms with Crippen molar-refractivity contribution >= 4 is 23.9 Å². The first kappa shape index (κ1) is 22.5. The number of nitrogens with one attached hydrogen (secondary N) is 1. The van der Waals surface area contributed by atoms with E-state index in [0.29, 0.717) is 11.5 Å². The minimum Gasteiger partial charge on any atom is -0.444 e. The number of fused-ring (bicyclic) bond motifs is 2. The summed E-state index contributed by atoms with van der Waals surface area (Å²) in [4.78, 5) is 55.1. The van der Waals surface area contributed by atoms with E-state index < -0.39 is 29.5 Å². The zero-order chi connectivity index (χ0) is 23.8. The third-order valence-electron chi connectivity index (χ3n) is 5.56. The van der Waals surface area contributed by atoms with Gasteiger partial charge in [0.15, 0.2) is 0 Å². The van der Waals surface area contributed by atoms with E-state index in [9.17, 15) is 19.2 Å². The topological polar surface area (TPSA) is 102 Å². The quantitative estimate of drug-likeness (QED) is 0.563. The van der Waals surface area contributed by atoms with Crippen LogP contribution in [0.15, 0.2) is 42.5 Å². The first-order valence-electron chi connectivity index (χ1n) is 10.9. The zero-order valence-electron chi connectivity index (χ0n) is 18.8. The van der Waals surface area contributed by atoms with Crippen molar-refractivity contribution < 1.29 is 28.8 Å². The van der Waals surface area contributed by atoms with Gasteiger partial charge in [-0.05, 0) is 81.8 Å². The number of amides is 3. The molecular formula is C25H26N2O6. The maximum absolute atomic E-state index is 12.8. The fourth-order valence-electron chi connectivity index (χ4n) is 4.08. The van der Waals surface area contributed by atoms with E-state index in [0.717, 1.165) is 30.4 Å². The molecular weight excluding hydrogens is 424 g/mol. The van der Waals surface area contributed by atoms with Crippen LogP contribution in [0.1, 0.15) is 75.8 Å². The number of rotatable bonds is 3. The van der Waals surface area contributed by atoms with E-state index in [4.69, 9.17) is 9.57 Å². The van der Waals surface area contributed by atoms with Crippen molar-refractivity contribution in [2.75, 3.05) is 0 Å². The van der Waals surface area contributed by atoms with Gasteiger partial charge < -0.3 is 14.9 Å². The standard InChI is InChI=1S/C25H26N2O6/c1-25(2,3)32-24(31)26-18-8-6-7-15-11-12-16(13-17(15)14-18)23(30)33-27-21(28)19-9-4-5-10-20(19)22(27)29/h4-5,9-13,18H,6-8,14H2,1-3H3,(H,26,31). The molecule has 8 heteroatoms. The van der Waals surface area contributed by atoms with E-state index in [1.807, 2.05) is 6.07 Å². The second kappa shape index (κ2) is 8.69. The highest BCUT2D eigenvalue weighted by Crippen LogP contribution is 2.26. The van der Waals surface area contributed by atoms with Crippen molar-refractivity contribution in [2.24, 2.45) is 0 Å². The third-order valence-corrected chi connectivity index (χ3v) is 5.56. The average Bonchev–Trinajstić information content (AvgIpc) is 2.88. The Morgan fingerprint density at radius 1 is 1.00 bits per heavy atom. The van der Waals surface area contributed by atoms with Gasteiger partial charge in [0.1, 0.15) is 5.60 Å². The lowest BCUT2D eigenvalue weighted by atomic mass is 9.99. The van der Waals surface area contributed by atoms with Crippen molar-refractivity contribution in [1.29, 1.82) is 0 Å². The molecule has 8 nitrogen and oxygen atoms in total. The minimum atomic E-state index is -0.798. The molecule has 0 aromatic heterocycles. The van der Waals surface area contributed by atoms with Gasteiger partial charge in [-0.1, -0.05) is 23.3 Å². The Morgan fingerprint density at radius 2 is 1.67 bits per heavy atom. The third kappa shape index (κ3) is 4.89. The predicted octanol–water partition coefficient (Wildman–Crippen LogP) is 3.83. The van der Waals surface area contributed by atoms with Gasteiger partial charge in [-0.15, -0.1) is 0 Å². The molecule has 2 aliphatic rings. The van der Waals surface area contributed by atoms with E-state index >= 15 is 0 Å². The Hall–Kier alpha value is -3.68. The second-order valence-electron chi connectivity index (χ2n) is 9.25. The summed E-state index contributed by atoms with van der Waals surface area (Å²) >= 11 is 0. The second-order valence-corrected chi connectivity index (χ2v) is 9.25. The van der Waals surface area contributed by atoms with E-state index in [-0.39, 0.29) is 22.7 Å². The molecule has 172 valence electrons. The van der Waals surface area contributed by atoms with Crippen LogP contribution >= 0.6 is 0 Å². The maximum Gasteiger partial charge on any atom is 0.407 e. The van der Waals surface area contributed by atoms with Crippen molar-refractivity contribution in [3.8, 4) is 0 Å². The number of hydrogen-bond acceptors (Lipinski definition) is 6. The highest BCUT2D eigenvalue weighted by Gasteiger charge is 2.39. The summed E-state index contributed by atoms with van der Waals surface area (Å²) in [6.07, 6.45) is 2.53. The van der Waals surface area contributed by atoms with Crippen LogP contribution in [0.2, 0.25) is 0 Å². The van der Waals surface area contributed by atoms with Crippen LogP contribution in [0.25, 0.3) is 0 Å². The lowest BCUT2D eigenvalue weighted by Crippen LogP contribution is -2.40. The van der Waals surface area contributed by atoms with Crippen LogP contribution in [0.3, 0.4) is 0 Å². The molecule has 0 bridgehead atoms. The predicted molar refractivity (Wildman–Crippen MR) is 119 cm³/mol. The number of benzene rings is 2. The molecule has 0 saturated carbocycles. The number of hydroxylamine groups is 2. The molecule has 33 heavy (non-hydrogen) atoms. The van der Waals surface area contributed by atoms with Gasteiger partial charge >= 0.3 is 12.1 Å². The molecule has 1 aliphatic carbocycles. The molecule has 2 aromatic rings. The highest BCUT2D eigenvalue weighted by atomic mass is 16.7. The largest absolute Gasteiger partial charge is 0.444 e. The number of hydrogen-bond donors (Lipinski definition) is 1. The highest BCUT2D eigenvalue weighted by molar-refractivity contribution is 6.21. The smallest absolute Gasteiger partial charge is 0.407 e. The summed E-state index contributed by atoms with van der Waals surface area (Å²) in [7, 11) is 0. The fraction of sp³-hybridized carbons (Fsp3) is 0.360. The molecule has 1 aliphatic heterocycles. The average molecular weight is 450 g/mol. The Morgan fingerprint density at radius 3 is 2.30 bits per heavy atom. The van der Waals surface area contributed by atoms with Gasteiger partial charge in [-0.2, -0.15) is 0 Å². The number of carbonyl (C=O) groups excluding carboxylic acids is 4. The lowest BCUT2D eigenvalue weighted by Gasteiger charge is -2.23. The van der Waals surface area contributed by atoms with Crippen LogP contribution in [-0.4, -0.2) is 40.6 Å². The number of aryl methyl sites for hydroxylation is 1.